The second kappa shape index (κ2) is 11.3. The maximum atomic E-state index is 13.6. The number of aliphatic hydroxyl groups excluding tert-OH is 1. The molecule has 1 aromatic carbocycles. The zero-order valence-electron chi connectivity index (χ0n) is 21.0. The van der Waals surface area contributed by atoms with Gasteiger partial charge < -0.3 is 25.0 Å². The van der Waals surface area contributed by atoms with Crippen LogP contribution in [0.2, 0.25) is 0 Å². The largest absolute Gasteiger partial charge is 0.472 e. The van der Waals surface area contributed by atoms with E-state index in [9.17, 15) is 19.1 Å². The van der Waals surface area contributed by atoms with Gasteiger partial charge in [-0.05, 0) is 43.3 Å². The second-order valence-corrected chi connectivity index (χ2v) is 9.26. The van der Waals surface area contributed by atoms with Crippen LogP contribution in [0.25, 0.3) is 11.1 Å². The lowest BCUT2D eigenvalue weighted by Crippen LogP contribution is -2.50. The van der Waals surface area contributed by atoms with Gasteiger partial charge in [-0.1, -0.05) is 13.0 Å². The summed E-state index contributed by atoms with van der Waals surface area (Å²) in [6.45, 7) is 4.03. The number of hydrogen-bond acceptors (Lipinski definition) is 6. The van der Waals surface area contributed by atoms with E-state index in [0.717, 1.165) is 5.56 Å². The van der Waals surface area contributed by atoms with Crippen molar-refractivity contribution in [3.63, 3.8) is 0 Å². The maximum Gasteiger partial charge on any atom is 0.321 e. The number of ether oxygens (including phenoxy) is 1. The van der Waals surface area contributed by atoms with Crippen molar-refractivity contribution in [2.24, 2.45) is 5.92 Å². The zero-order valence-corrected chi connectivity index (χ0v) is 21.0. The van der Waals surface area contributed by atoms with Crippen LogP contribution in [0.5, 0.6) is 5.88 Å². The van der Waals surface area contributed by atoms with Crippen molar-refractivity contribution in [3.05, 3.63) is 72.4 Å². The summed E-state index contributed by atoms with van der Waals surface area (Å²) in [5.74, 6) is -0.705. The van der Waals surface area contributed by atoms with Crippen molar-refractivity contribution in [2.75, 3.05) is 32.1 Å². The smallest absolute Gasteiger partial charge is 0.321 e. The van der Waals surface area contributed by atoms with Crippen LogP contribution in [0.1, 0.15) is 24.2 Å². The molecule has 0 unspecified atom stereocenters. The standard InChI is InChI=1S/C27H30FN5O4/c1-17-14-33(18(2)16-34)26(35)23-11-20(19-5-4-10-29-12-19)13-30-25(23)37-24(17)15-32(3)27(36)31-22-8-6-21(28)7-9-22/h4-13,17-18,24,34H,14-16H2,1-3H3,(H,31,36)/t17-,18+,24+/m1/s1. The Hall–Kier alpha value is -4.05. The quantitative estimate of drug-likeness (QED) is 0.527. The van der Waals surface area contributed by atoms with E-state index >= 15 is 0 Å². The average Bonchev–Trinajstić information content (AvgIpc) is 2.91. The van der Waals surface area contributed by atoms with Gasteiger partial charge in [0, 0.05) is 54.9 Å². The Morgan fingerprint density at radius 2 is 2.03 bits per heavy atom. The second-order valence-electron chi connectivity index (χ2n) is 9.26. The third kappa shape index (κ3) is 6.03. The molecule has 37 heavy (non-hydrogen) atoms. The predicted octanol–water partition coefficient (Wildman–Crippen LogP) is 3.67. The number of urea groups is 1. The molecule has 9 nitrogen and oxygen atoms in total. The number of aliphatic hydroxyl groups is 1. The van der Waals surface area contributed by atoms with E-state index in [-0.39, 0.29) is 42.5 Å². The summed E-state index contributed by atoms with van der Waals surface area (Å²) < 4.78 is 19.4. The monoisotopic (exact) mass is 507 g/mol. The van der Waals surface area contributed by atoms with Crippen molar-refractivity contribution in [1.29, 1.82) is 0 Å². The van der Waals surface area contributed by atoms with Crippen molar-refractivity contribution in [3.8, 4) is 17.0 Å². The number of hydrogen-bond donors (Lipinski definition) is 2. The van der Waals surface area contributed by atoms with Crippen LogP contribution in [0.3, 0.4) is 0 Å². The highest BCUT2D eigenvalue weighted by atomic mass is 19.1. The molecule has 3 atom stereocenters. The molecule has 0 saturated carbocycles. The number of amides is 3. The van der Waals surface area contributed by atoms with Crippen LogP contribution in [-0.2, 0) is 0 Å². The minimum atomic E-state index is -0.499. The lowest BCUT2D eigenvalue weighted by Gasteiger charge is -2.37. The number of likely N-dealkylation sites (N-methyl/N-ethyl adjacent to an activating group) is 1. The van der Waals surface area contributed by atoms with E-state index in [0.29, 0.717) is 17.8 Å². The molecule has 0 radical (unpaired) electrons. The van der Waals surface area contributed by atoms with Crippen molar-refractivity contribution < 1.29 is 23.8 Å². The van der Waals surface area contributed by atoms with Crippen molar-refractivity contribution in [2.45, 2.75) is 26.0 Å². The molecule has 10 heteroatoms. The number of fused-ring (bicyclic) bond motifs is 1. The summed E-state index contributed by atoms with van der Waals surface area (Å²) in [7, 11) is 1.63. The molecular weight excluding hydrogens is 477 g/mol. The average molecular weight is 508 g/mol. The summed E-state index contributed by atoms with van der Waals surface area (Å²) >= 11 is 0. The van der Waals surface area contributed by atoms with E-state index in [1.54, 1.807) is 49.6 Å². The Kier molecular flexibility index (Phi) is 7.98. The van der Waals surface area contributed by atoms with Crippen LogP contribution < -0.4 is 10.1 Å². The van der Waals surface area contributed by atoms with Gasteiger partial charge in [0.05, 0.1) is 19.2 Å². The summed E-state index contributed by atoms with van der Waals surface area (Å²) in [5, 5.41) is 12.6. The molecule has 2 aromatic heterocycles. The molecule has 4 rings (SSSR count). The van der Waals surface area contributed by atoms with Gasteiger partial charge in [0.2, 0.25) is 5.88 Å². The van der Waals surface area contributed by atoms with Gasteiger partial charge in [-0.3, -0.25) is 9.78 Å². The van der Waals surface area contributed by atoms with E-state index in [2.05, 4.69) is 15.3 Å². The van der Waals surface area contributed by atoms with Crippen LogP contribution in [0, 0.1) is 11.7 Å². The number of anilines is 1. The first kappa shape index (κ1) is 26.0. The Morgan fingerprint density at radius 1 is 1.27 bits per heavy atom. The lowest BCUT2D eigenvalue weighted by molar-refractivity contribution is 0.0356. The number of carbonyl (C=O) groups is 2. The van der Waals surface area contributed by atoms with Gasteiger partial charge in [0.15, 0.2) is 0 Å². The number of nitrogens with zero attached hydrogens (tertiary/aromatic N) is 4. The first-order valence-electron chi connectivity index (χ1n) is 12.0. The number of carbonyl (C=O) groups excluding carboxylic acids is 2. The number of aromatic nitrogens is 2. The molecule has 194 valence electrons. The van der Waals surface area contributed by atoms with Gasteiger partial charge in [-0.2, -0.15) is 0 Å². The summed E-state index contributed by atoms with van der Waals surface area (Å²) in [4.78, 5) is 38.0. The highest BCUT2D eigenvalue weighted by Gasteiger charge is 2.34. The third-order valence-corrected chi connectivity index (χ3v) is 6.41. The fraction of sp³-hybridized carbons (Fsp3) is 0.333. The Labute approximate surface area is 214 Å². The first-order chi connectivity index (χ1) is 17.8. The normalized spacial score (nSPS) is 18.2. The molecule has 1 aliphatic heterocycles. The number of halogens is 1. The minimum Gasteiger partial charge on any atom is -0.472 e. The molecular formula is C27H30FN5O4. The van der Waals surface area contributed by atoms with Crippen LogP contribution in [0.15, 0.2) is 61.1 Å². The highest BCUT2D eigenvalue weighted by Crippen LogP contribution is 2.30. The van der Waals surface area contributed by atoms with Gasteiger partial charge >= 0.3 is 6.03 Å². The van der Waals surface area contributed by atoms with Crippen LogP contribution >= 0.6 is 0 Å². The van der Waals surface area contributed by atoms with Crippen LogP contribution in [-0.4, -0.2) is 75.7 Å². The van der Waals surface area contributed by atoms with E-state index in [1.165, 1.54) is 29.2 Å². The zero-order chi connectivity index (χ0) is 26.5. The van der Waals surface area contributed by atoms with Crippen LogP contribution in [0.4, 0.5) is 14.9 Å². The number of nitrogens with one attached hydrogen (secondary N) is 1. The Morgan fingerprint density at radius 3 is 2.70 bits per heavy atom. The molecule has 1 aliphatic rings. The number of rotatable bonds is 6. The molecule has 3 heterocycles. The third-order valence-electron chi connectivity index (χ3n) is 6.41. The van der Waals surface area contributed by atoms with Gasteiger partial charge in [0.25, 0.3) is 5.91 Å². The first-order valence-corrected chi connectivity index (χ1v) is 12.0. The molecule has 0 bridgehead atoms. The fourth-order valence-corrected chi connectivity index (χ4v) is 4.12. The van der Waals surface area contributed by atoms with Gasteiger partial charge in [0.1, 0.15) is 17.5 Å². The SMILES string of the molecule is C[C@@H]1CN([C@@H](C)CO)C(=O)c2cc(-c3cccnc3)cnc2O[C@H]1CN(C)C(=O)Nc1ccc(F)cc1. The van der Waals surface area contributed by atoms with Crippen molar-refractivity contribution >= 4 is 17.6 Å². The molecule has 3 aromatic rings. The maximum absolute atomic E-state index is 13.6. The Bertz CT molecular complexity index is 1240. The molecule has 0 saturated heterocycles. The topological polar surface area (TPSA) is 108 Å². The van der Waals surface area contributed by atoms with E-state index in [4.69, 9.17) is 4.74 Å². The van der Waals surface area contributed by atoms with Crippen molar-refractivity contribution in [1.82, 2.24) is 19.8 Å². The predicted molar refractivity (Wildman–Crippen MR) is 137 cm³/mol. The van der Waals surface area contributed by atoms with E-state index in [1.807, 2.05) is 13.0 Å². The highest BCUT2D eigenvalue weighted by molar-refractivity contribution is 5.98. The van der Waals surface area contributed by atoms with Gasteiger partial charge in [-0.15, -0.1) is 0 Å². The minimum absolute atomic E-state index is 0.164. The molecule has 0 spiro atoms. The van der Waals surface area contributed by atoms with E-state index < -0.39 is 18.0 Å². The number of benzene rings is 1. The Balaban J connectivity index is 1.61. The molecule has 2 N–H and O–H groups in total. The molecule has 0 fully saturated rings. The fourth-order valence-electron chi connectivity index (χ4n) is 4.12. The summed E-state index contributed by atoms with van der Waals surface area (Å²) in [5.41, 5.74) is 2.25. The molecule has 0 aliphatic carbocycles. The summed E-state index contributed by atoms with van der Waals surface area (Å²) in [6.07, 6.45) is 4.47. The lowest BCUT2D eigenvalue weighted by atomic mass is 9.99. The molecule has 3 amide bonds. The summed E-state index contributed by atoms with van der Waals surface area (Å²) in [6, 6.07) is 10.1. The van der Waals surface area contributed by atoms with Gasteiger partial charge in [-0.25, -0.2) is 14.2 Å². The number of pyridine rings is 2.